The van der Waals surface area contributed by atoms with Gasteiger partial charge in [-0.25, -0.2) is 0 Å². The Morgan fingerprint density at radius 2 is 2.33 bits per heavy atom. The molecule has 2 aliphatic rings. The average Bonchev–Trinajstić information content (AvgIpc) is 2.86. The third kappa shape index (κ3) is 5.79. The third-order valence-electron chi connectivity index (χ3n) is 4.61. The van der Waals surface area contributed by atoms with Crippen LogP contribution in [0.5, 0.6) is 0 Å². The van der Waals surface area contributed by atoms with Gasteiger partial charge in [-0.3, -0.25) is 9.69 Å². The molecule has 4 nitrogen and oxygen atoms in total. The summed E-state index contributed by atoms with van der Waals surface area (Å²) in [6, 6.07) is 0.372. The molecular weight excluding hydrogens is 264 g/mol. The first-order valence-corrected chi connectivity index (χ1v) is 8.52. The first-order valence-electron chi connectivity index (χ1n) is 8.52. The minimum absolute atomic E-state index is 0.129. The molecule has 21 heavy (non-hydrogen) atoms. The van der Waals surface area contributed by atoms with E-state index in [-0.39, 0.29) is 12.0 Å². The van der Waals surface area contributed by atoms with Crippen molar-refractivity contribution < 1.29 is 9.90 Å². The van der Waals surface area contributed by atoms with Crippen molar-refractivity contribution in [1.82, 2.24) is 10.2 Å². The lowest BCUT2D eigenvalue weighted by atomic mass is 9.97. The van der Waals surface area contributed by atoms with E-state index in [4.69, 9.17) is 0 Å². The lowest BCUT2D eigenvalue weighted by Crippen LogP contribution is -2.41. The maximum atomic E-state index is 12.0. The highest BCUT2D eigenvalue weighted by Gasteiger charge is 2.26. The van der Waals surface area contributed by atoms with E-state index in [0.29, 0.717) is 12.6 Å². The summed E-state index contributed by atoms with van der Waals surface area (Å²) in [6.45, 7) is 4.06. The van der Waals surface area contributed by atoms with E-state index in [2.05, 4.69) is 16.3 Å². The zero-order valence-corrected chi connectivity index (χ0v) is 13.3. The predicted molar refractivity (Wildman–Crippen MR) is 85.1 cm³/mol. The van der Waals surface area contributed by atoms with Gasteiger partial charge < -0.3 is 10.4 Å². The van der Waals surface area contributed by atoms with Gasteiger partial charge in [-0.05, 0) is 64.8 Å². The van der Waals surface area contributed by atoms with Crippen molar-refractivity contribution in [3.63, 3.8) is 0 Å². The molecule has 1 fully saturated rings. The van der Waals surface area contributed by atoms with Crippen molar-refractivity contribution in [1.29, 1.82) is 0 Å². The van der Waals surface area contributed by atoms with Crippen molar-refractivity contribution >= 4 is 5.91 Å². The maximum absolute atomic E-state index is 12.0. The van der Waals surface area contributed by atoms with Crippen LogP contribution < -0.4 is 5.32 Å². The number of amides is 1. The van der Waals surface area contributed by atoms with Crippen LogP contribution in [0.15, 0.2) is 11.6 Å². The van der Waals surface area contributed by atoms with Crippen LogP contribution in [0.4, 0.5) is 0 Å². The lowest BCUT2D eigenvalue weighted by Gasteiger charge is -2.24. The van der Waals surface area contributed by atoms with Crippen LogP contribution in [-0.4, -0.2) is 47.7 Å². The Hall–Kier alpha value is -0.870. The summed E-state index contributed by atoms with van der Waals surface area (Å²) in [5.41, 5.74) is 1.51. The summed E-state index contributed by atoms with van der Waals surface area (Å²) in [7, 11) is 0. The Morgan fingerprint density at radius 3 is 3.05 bits per heavy atom. The minimum Gasteiger partial charge on any atom is -0.393 e. The van der Waals surface area contributed by atoms with E-state index in [1.54, 1.807) is 0 Å². The van der Waals surface area contributed by atoms with E-state index < -0.39 is 0 Å². The van der Waals surface area contributed by atoms with Crippen LogP contribution in [-0.2, 0) is 4.79 Å². The third-order valence-corrected chi connectivity index (χ3v) is 4.61. The van der Waals surface area contributed by atoms with Gasteiger partial charge in [-0.2, -0.15) is 0 Å². The quantitative estimate of drug-likeness (QED) is 0.708. The van der Waals surface area contributed by atoms with E-state index in [9.17, 15) is 9.90 Å². The van der Waals surface area contributed by atoms with E-state index >= 15 is 0 Å². The Kier molecular flexibility index (Phi) is 6.71. The van der Waals surface area contributed by atoms with Crippen LogP contribution in [0.25, 0.3) is 0 Å². The van der Waals surface area contributed by atoms with Gasteiger partial charge in [0.25, 0.3) is 0 Å². The number of hydrogen-bond acceptors (Lipinski definition) is 3. The summed E-state index contributed by atoms with van der Waals surface area (Å²) in [6.07, 6.45) is 11.1. The fraction of sp³-hybridized carbons (Fsp3) is 0.824. The minimum atomic E-state index is -0.281. The molecule has 2 N–H and O–H groups in total. The number of hydrogen-bond donors (Lipinski definition) is 2. The van der Waals surface area contributed by atoms with Crippen LogP contribution in [0.1, 0.15) is 58.3 Å². The zero-order chi connectivity index (χ0) is 15.1. The van der Waals surface area contributed by atoms with Gasteiger partial charge in [0.15, 0.2) is 0 Å². The summed E-state index contributed by atoms with van der Waals surface area (Å²) in [5.74, 6) is 0.129. The highest BCUT2D eigenvalue weighted by atomic mass is 16.3. The largest absolute Gasteiger partial charge is 0.393 e. The summed E-state index contributed by atoms with van der Waals surface area (Å²) in [4.78, 5) is 14.3. The second-order valence-electron chi connectivity index (χ2n) is 6.56. The molecule has 2 rings (SSSR count). The van der Waals surface area contributed by atoms with E-state index in [1.165, 1.54) is 31.3 Å². The highest BCUT2D eigenvalue weighted by Crippen LogP contribution is 2.21. The standard InChI is InChI=1S/C17H30N2O2/c1-14(20)12-16-8-5-11-19(16)13-17(21)18-10-9-15-6-3-2-4-7-15/h6,14,16,20H,2-5,7-13H2,1H3,(H,18,21). The molecule has 0 radical (unpaired) electrons. The average molecular weight is 294 g/mol. The normalized spacial score (nSPS) is 24.7. The van der Waals surface area contributed by atoms with Gasteiger partial charge >= 0.3 is 0 Å². The Morgan fingerprint density at radius 1 is 1.48 bits per heavy atom. The van der Waals surface area contributed by atoms with Crippen molar-refractivity contribution in [3.05, 3.63) is 11.6 Å². The molecule has 1 heterocycles. The molecule has 0 saturated carbocycles. The maximum Gasteiger partial charge on any atom is 0.234 e. The Bertz CT molecular complexity index is 366. The zero-order valence-electron chi connectivity index (χ0n) is 13.3. The summed E-state index contributed by atoms with van der Waals surface area (Å²) >= 11 is 0. The molecule has 0 aromatic heterocycles. The number of allylic oxidation sites excluding steroid dienone is 1. The second-order valence-corrected chi connectivity index (χ2v) is 6.56. The molecule has 1 aliphatic carbocycles. The summed E-state index contributed by atoms with van der Waals surface area (Å²) in [5, 5.41) is 12.6. The number of nitrogens with zero attached hydrogens (tertiary/aromatic N) is 1. The molecule has 0 spiro atoms. The van der Waals surface area contributed by atoms with Crippen molar-refractivity contribution in [3.8, 4) is 0 Å². The number of carbonyl (C=O) groups excluding carboxylic acids is 1. The van der Waals surface area contributed by atoms with Gasteiger partial charge in [0.1, 0.15) is 0 Å². The molecule has 4 heteroatoms. The lowest BCUT2D eigenvalue weighted by molar-refractivity contribution is -0.122. The van der Waals surface area contributed by atoms with Crippen LogP contribution >= 0.6 is 0 Å². The first-order chi connectivity index (χ1) is 10.1. The molecule has 1 saturated heterocycles. The molecule has 2 unspecified atom stereocenters. The molecular formula is C17H30N2O2. The van der Waals surface area contributed by atoms with Gasteiger partial charge in [0.05, 0.1) is 12.6 Å². The smallest absolute Gasteiger partial charge is 0.234 e. The van der Waals surface area contributed by atoms with E-state index in [0.717, 1.165) is 38.8 Å². The Balaban J connectivity index is 1.65. The monoisotopic (exact) mass is 294 g/mol. The molecule has 0 aromatic carbocycles. The van der Waals surface area contributed by atoms with Crippen LogP contribution in [0.3, 0.4) is 0 Å². The van der Waals surface area contributed by atoms with Gasteiger partial charge in [-0.1, -0.05) is 11.6 Å². The molecule has 1 aliphatic heterocycles. The molecule has 1 amide bonds. The number of carbonyl (C=O) groups is 1. The van der Waals surface area contributed by atoms with Crippen molar-refractivity contribution in [2.45, 2.75) is 70.4 Å². The second kappa shape index (κ2) is 8.54. The molecule has 2 atom stereocenters. The first kappa shape index (κ1) is 16.5. The topological polar surface area (TPSA) is 52.6 Å². The number of aliphatic hydroxyl groups is 1. The van der Waals surface area contributed by atoms with Crippen LogP contribution in [0.2, 0.25) is 0 Å². The summed E-state index contributed by atoms with van der Waals surface area (Å²) < 4.78 is 0. The Labute approximate surface area is 128 Å². The molecule has 0 bridgehead atoms. The number of aliphatic hydroxyl groups excluding tert-OH is 1. The fourth-order valence-electron chi connectivity index (χ4n) is 3.50. The van der Waals surface area contributed by atoms with Gasteiger partial charge in [0.2, 0.25) is 5.91 Å². The van der Waals surface area contributed by atoms with Crippen LogP contribution in [0, 0.1) is 0 Å². The molecule has 120 valence electrons. The van der Waals surface area contributed by atoms with E-state index in [1.807, 2.05) is 6.92 Å². The predicted octanol–water partition coefficient (Wildman–Crippen LogP) is 2.23. The SMILES string of the molecule is CC(O)CC1CCCN1CC(=O)NCCC1=CCCCC1. The van der Waals surface area contributed by atoms with Crippen molar-refractivity contribution in [2.75, 3.05) is 19.6 Å². The van der Waals surface area contributed by atoms with Gasteiger partial charge in [-0.15, -0.1) is 0 Å². The fourth-order valence-corrected chi connectivity index (χ4v) is 3.50. The van der Waals surface area contributed by atoms with Crippen molar-refractivity contribution in [2.24, 2.45) is 0 Å². The van der Waals surface area contributed by atoms with Gasteiger partial charge in [0, 0.05) is 12.6 Å². The molecule has 0 aromatic rings. The highest BCUT2D eigenvalue weighted by molar-refractivity contribution is 5.78. The number of likely N-dealkylation sites (tertiary alicyclic amines) is 1. The number of nitrogens with one attached hydrogen (secondary N) is 1. The number of rotatable bonds is 7.